The minimum absolute atomic E-state index is 0.0300. The molecule has 0 bridgehead atoms. The average molecular weight is 352 g/mol. The van der Waals surface area contributed by atoms with Crippen LogP contribution in [0.2, 0.25) is 0 Å². The maximum atomic E-state index is 11.9. The van der Waals surface area contributed by atoms with Gasteiger partial charge < -0.3 is 0 Å². The van der Waals surface area contributed by atoms with Gasteiger partial charge in [-0.15, -0.1) is 22.0 Å². The summed E-state index contributed by atoms with van der Waals surface area (Å²) in [5, 5.41) is 22.7. The summed E-state index contributed by atoms with van der Waals surface area (Å²) in [6, 6.07) is 6.08. The molecule has 0 aliphatic carbocycles. The molecule has 2 aromatic rings. The summed E-state index contributed by atoms with van der Waals surface area (Å²) in [5.74, 6) is 0.00682. The van der Waals surface area contributed by atoms with Gasteiger partial charge in [0.2, 0.25) is 11.0 Å². The fourth-order valence-corrected chi connectivity index (χ4v) is 3.06. The summed E-state index contributed by atoms with van der Waals surface area (Å²) >= 11 is 2.66. The van der Waals surface area contributed by atoms with Gasteiger partial charge in [0.05, 0.1) is 10.7 Å². The molecule has 0 saturated carbocycles. The lowest BCUT2D eigenvalue weighted by Crippen LogP contribution is -2.13. The number of rotatable bonds is 5. The summed E-state index contributed by atoms with van der Waals surface area (Å²) < 4.78 is 0. The first-order valence-electron chi connectivity index (χ1n) is 6.77. The minimum Gasteiger partial charge on any atom is -0.300 e. The lowest BCUT2D eigenvalue weighted by atomic mass is 9.98. The Morgan fingerprint density at radius 3 is 2.48 bits per heavy atom. The Bertz CT molecular complexity index is 708. The van der Waals surface area contributed by atoms with Gasteiger partial charge >= 0.3 is 0 Å². The van der Waals surface area contributed by atoms with Gasteiger partial charge in [0.1, 0.15) is 5.01 Å². The first-order chi connectivity index (χ1) is 10.8. The van der Waals surface area contributed by atoms with E-state index in [2.05, 4.69) is 15.5 Å². The van der Waals surface area contributed by atoms with Crippen LogP contribution < -0.4 is 5.32 Å². The van der Waals surface area contributed by atoms with Crippen molar-refractivity contribution in [2.45, 2.75) is 31.1 Å². The molecule has 23 heavy (non-hydrogen) atoms. The van der Waals surface area contributed by atoms with Crippen LogP contribution in [-0.4, -0.2) is 26.8 Å². The maximum Gasteiger partial charge on any atom is 0.269 e. The van der Waals surface area contributed by atoms with Gasteiger partial charge in [-0.25, -0.2) is 0 Å². The largest absolute Gasteiger partial charge is 0.300 e. The van der Waals surface area contributed by atoms with Gasteiger partial charge in [0.15, 0.2) is 0 Å². The van der Waals surface area contributed by atoms with Crippen molar-refractivity contribution in [3.05, 3.63) is 39.4 Å². The van der Waals surface area contributed by atoms with Crippen molar-refractivity contribution >= 4 is 39.8 Å². The highest BCUT2D eigenvalue weighted by Gasteiger charge is 2.20. The second-order valence-electron chi connectivity index (χ2n) is 5.75. The number of anilines is 1. The van der Waals surface area contributed by atoms with E-state index < -0.39 is 4.92 Å². The molecule has 0 unspecified atom stereocenters. The molecule has 1 heterocycles. The zero-order valence-corrected chi connectivity index (χ0v) is 14.5. The van der Waals surface area contributed by atoms with Crippen LogP contribution in [0.3, 0.4) is 0 Å². The predicted octanol–water partition coefficient (Wildman–Crippen LogP) is 3.47. The number of amides is 1. The normalized spacial score (nSPS) is 11.3. The van der Waals surface area contributed by atoms with Crippen molar-refractivity contribution in [1.82, 2.24) is 10.2 Å². The van der Waals surface area contributed by atoms with E-state index in [0.29, 0.717) is 5.13 Å². The Balaban J connectivity index is 1.87. The zero-order valence-electron chi connectivity index (χ0n) is 12.9. The Labute approximate surface area is 141 Å². The van der Waals surface area contributed by atoms with Crippen LogP contribution in [0.25, 0.3) is 0 Å². The van der Waals surface area contributed by atoms with Crippen LogP contribution in [0.15, 0.2) is 29.2 Å². The SMILES string of the molecule is CC(C)(C)c1nnc(NC(=O)CSc2ccc([N+](=O)[O-])cc2)s1. The summed E-state index contributed by atoms with van der Waals surface area (Å²) in [5.41, 5.74) is -0.0731. The molecular formula is C14H16N4O3S2. The van der Waals surface area contributed by atoms with E-state index in [0.717, 1.165) is 9.90 Å². The standard InChI is InChI=1S/C14H16N4O3S2/c1-14(2,3)12-16-17-13(23-12)15-11(19)8-22-10-6-4-9(5-7-10)18(20)21/h4-7H,8H2,1-3H3,(H,15,17,19). The van der Waals surface area contributed by atoms with E-state index in [1.807, 2.05) is 20.8 Å². The minimum atomic E-state index is -0.455. The molecule has 0 radical (unpaired) electrons. The monoisotopic (exact) mass is 352 g/mol. The van der Waals surface area contributed by atoms with Gasteiger partial charge in [0.25, 0.3) is 5.69 Å². The van der Waals surface area contributed by atoms with Gasteiger partial charge in [0, 0.05) is 22.4 Å². The maximum absolute atomic E-state index is 11.9. The Hall–Kier alpha value is -2.00. The van der Waals surface area contributed by atoms with E-state index >= 15 is 0 Å². The number of nitro groups is 1. The fraction of sp³-hybridized carbons (Fsp3) is 0.357. The lowest BCUT2D eigenvalue weighted by molar-refractivity contribution is -0.384. The quantitative estimate of drug-likeness (QED) is 0.502. The highest BCUT2D eigenvalue weighted by molar-refractivity contribution is 8.00. The number of nitrogens with one attached hydrogen (secondary N) is 1. The highest BCUT2D eigenvalue weighted by atomic mass is 32.2. The van der Waals surface area contributed by atoms with Crippen LogP contribution in [0.4, 0.5) is 10.8 Å². The molecule has 9 heteroatoms. The third-order valence-corrected chi connectivity index (χ3v) is 5.01. The van der Waals surface area contributed by atoms with Crippen LogP contribution in [0, 0.1) is 10.1 Å². The van der Waals surface area contributed by atoms with Crippen molar-refractivity contribution in [1.29, 1.82) is 0 Å². The van der Waals surface area contributed by atoms with E-state index in [9.17, 15) is 14.9 Å². The van der Waals surface area contributed by atoms with Crippen molar-refractivity contribution in [2.75, 3.05) is 11.1 Å². The topological polar surface area (TPSA) is 98.0 Å². The van der Waals surface area contributed by atoms with Gasteiger partial charge in [-0.2, -0.15) is 0 Å². The number of hydrogen-bond donors (Lipinski definition) is 1. The summed E-state index contributed by atoms with van der Waals surface area (Å²) in [4.78, 5) is 22.8. The molecule has 1 aromatic carbocycles. The van der Waals surface area contributed by atoms with Crippen molar-refractivity contribution in [3.63, 3.8) is 0 Å². The molecular weight excluding hydrogens is 336 g/mol. The van der Waals surface area contributed by atoms with Gasteiger partial charge in [-0.3, -0.25) is 20.2 Å². The summed E-state index contributed by atoms with van der Waals surface area (Å²) in [6.07, 6.45) is 0. The molecule has 0 fully saturated rings. The van der Waals surface area contributed by atoms with E-state index in [1.165, 1.54) is 35.2 Å². The lowest BCUT2D eigenvalue weighted by Gasteiger charge is -2.12. The van der Waals surface area contributed by atoms with Crippen molar-refractivity contribution in [3.8, 4) is 0 Å². The molecule has 0 aliphatic heterocycles. The van der Waals surface area contributed by atoms with Gasteiger partial charge in [-0.05, 0) is 12.1 Å². The number of carbonyl (C=O) groups is 1. The van der Waals surface area contributed by atoms with Crippen LogP contribution in [-0.2, 0) is 10.2 Å². The number of non-ortho nitro benzene ring substituents is 1. The smallest absolute Gasteiger partial charge is 0.269 e. The van der Waals surface area contributed by atoms with Crippen LogP contribution >= 0.6 is 23.1 Å². The Morgan fingerprint density at radius 1 is 1.30 bits per heavy atom. The number of aromatic nitrogens is 2. The summed E-state index contributed by atoms with van der Waals surface area (Å²) in [6.45, 7) is 6.09. The van der Waals surface area contributed by atoms with Gasteiger partial charge in [-0.1, -0.05) is 32.1 Å². The predicted molar refractivity (Wildman–Crippen MR) is 91.1 cm³/mol. The molecule has 122 valence electrons. The number of carbonyl (C=O) groups excluding carboxylic acids is 1. The van der Waals surface area contributed by atoms with E-state index in [4.69, 9.17) is 0 Å². The zero-order chi connectivity index (χ0) is 17.0. The number of nitro benzene ring substituents is 1. The first-order valence-corrected chi connectivity index (χ1v) is 8.57. The first kappa shape index (κ1) is 17.4. The number of hydrogen-bond acceptors (Lipinski definition) is 7. The molecule has 0 saturated heterocycles. The third kappa shape index (κ3) is 5.00. The second kappa shape index (κ2) is 7.05. The fourth-order valence-electron chi connectivity index (χ4n) is 1.55. The highest BCUT2D eigenvalue weighted by Crippen LogP contribution is 2.28. The van der Waals surface area contributed by atoms with Crippen LogP contribution in [0.5, 0.6) is 0 Å². The second-order valence-corrected chi connectivity index (χ2v) is 7.78. The molecule has 1 amide bonds. The van der Waals surface area contributed by atoms with E-state index in [-0.39, 0.29) is 22.8 Å². The Morgan fingerprint density at radius 2 is 1.96 bits per heavy atom. The number of nitrogens with zero attached hydrogens (tertiary/aromatic N) is 3. The van der Waals surface area contributed by atoms with Crippen molar-refractivity contribution in [2.24, 2.45) is 0 Å². The number of benzene rings is 1. The third-order valence-electron chi connectivity index (χ3n) is 2.73. The molecule has 0 spiro atoms. The Kier molecular flexibility index (Phi) is 5.32. The molecule has 1 aromatic heterocycles. The average Bonchev–Trinajstić information content (AvgIpc) is 2.94. The van der Waals surface area contributed by atoms with E-state index in [1.54, 1.807) is 12.1 Å². The van der Waals surface area contributed by atoms with Crippen molar-refractivity contribution < 1.29 is 9.72 Å². The summed E-state index contributed by atoms with van der Waals surface area (Å²) in [7, 11) is 0. The molecule has 0 atom stereocenters. The molecule has 1 N–H and O–H groups in total. The molecule has 2 rings (SSSR count). The number of thioether (sulfide) groups is 1. The molecule has 7 nitrogen and oxygen atoms in total. The van der Waals surface area contributed by atoms with Crippen LogP contribution in [0.1, 0.15) is 25.8 Å². The molecule has 0 aliphatic rings.